The fourth-order valence-electron chi connectivity index (χ4n) is 10.1. The van der Waals surface area contributed by atoms with Crippen molar-refractivity contribution in [2.24, 2.45) is 0 Å². The van der Waals surface area contributed by atoms with E-state index in [0.717, 1.165) is 89.9 Å². The molecule has 0 N–H and O–H groups in total. The quantitative estimate of drug-likeness (QED) is 0.0261. The van der Waals surface area contributed by atoms with Crippen molar-refractivity contribution in [3.8, 4) is 0 Å². The zero-order valence-electron chi connectivity index (χ0n) is 52.6. The molecule has 458 valence electrons. The number of allylic oxidation sites excluding steroid dienone is 12. The Labute approximate surface area is 491 Å². The maximum absolute atomic E-state index is 12.9. The second-order valence-electron chi connectivity index (χ2n) is 23.1. The second-order valence-corrected chi connectivity index (χ2v) is 23.1. The van der Waals surface area contributed by atoms with Crippen LogP contribution >= 0.6 is 0 Å². The molecule has 0 aromatic rings. The lowest BCUT2D eigenvalue weighted by molar-refractivity contribution is -0.167. The van der Waals surface area contributed by atoms with Gasteiger partial charge in [-0.05, 0) is 89.9 Å². The molecule has 1 unspecified atom stereocenters. The first kappa shape index (κ1) is 75.8. The van der Waals surface area contributed by atoms with Crippen LogP contribution in [0.2, 0.25) is 0 Å². The molecule has 0 amide bonds. The Morgan fingerprint density at radius 1 is 0.266 bits per heavy atom. The van der Waals surface area contributed by atoms with Crippen LogP contribution in [0, 0.1) is 0 Å². The molecule has 1 atom stereocenters. The molecule has 0 aromatic heterocycles. The van der Waals surface area contributed by atoms with Crippen LogP contribution in [-0.2, 0) is 28.6 Å². The number of hydrogen-bond donors (Lipinski definition) is 0. The average molecular weight is 1100 g/mol. The maximum Gasteiger partial charge on any atom is 0.306 e. The normalized spacial score (nSPS) is 12.5. The fraction of sp³-hybridized carbons (Fsp3) is 0.795. The van der Waals surface area contributed by atoms with E-state index >= 15 is 0 Å². The summed E-state index contributed by atoms with van der Waals surface area (Å²) in [5.74, 6) is -0.861. The largest absolute Gasteiger partial charge is 0.462 e. The van der Waals surface area contributed by atoms with E-state index in [1.807, 2.05) is 0 Å². The number of esters is 3. The molecule has 6 heteroatoms. The van der Waals surface area contributed by atoms with Gasteiger partial charge in [-0.1, -0.05) is 318 Å². The lowest BCUT2D eigenvalue weighted by Gasteiger charge is -2.18. The van der Waals surface area contributed by atoms with Crippen molar-refractivity contribution in [1.29, 1.82) is 0 Å². The van der Waals surface area contributed by atoms with Gasteiger partial charge in [-0.25, -0.2) is 0 Å². The van der Waals surface area contributed by atoms with Crippen molar-refractivity contribution < 1.29 is 28.6 Å². The van der Waals surface area contributed by atoms with Gasteiger partial charge in [0, 0.05) is 19.3 Å². The van der Waals surface area contributed by atoms with Gasteiger partial charge in [0.15, 0.2) is 6.10 Å². The van der Waals surface area contributed by atoms with Crippen molar-refractivity contribution in [3.05, 3.63) is 72.9 Å². The van der Waals surface area contributed by atoms with Crippen LogP contribution in [0.5, 0.6) is 0 Å². The summed E-state index contributed by atoms with van der Waals surface area (Å²) in [5, 5.41) is 0. The molecule has 0 aliphatic rings. The van der Waals surface area contributed by atoms with Crippen LogP contribution in [0.15, 0.2) is 72.9 Å². The van der Waals surface area contributed by atoms with Crippen LogP contribution in [0.25, 0.3) is 0 Å². The number of carbonyl (C=O) groups is 3. The van der Waals surface area contributed by atoms with Gasteiger partial charge in [0.05, 0.1) is 0 Å². The van der Waals surface area contributed by atoms with Gasteiger partial charge >= 0.3 is 17.9 Å². The smallest absolute Gasteiger partial charge is 0.306 e. The fourth-order valence-corrected chi connectivity index (χ4v) is 10.1. The SMILES string of the molecule is CC/C=C\C/C=C\C/C=C\C/C=C\C/C=C\CCCCCCCCCCCCCCCCCCCC(=O)OCC(COC(=O)CCCCCCCCC)OC(=O)CCCCCCCCCCC/C=C\CCCCCCCCCC. The molecule has 0 saturated heterocycles. The average Bonchev–Trinajstić information content (AvgIpc) is 3.45. The lowest BCUT2D eigenvalue weighted by Crippen LogP contribution is -2.30. The summed E-state index contributed by atoms with van der Waals surface area (Å²) in [5.41, 5.74) is 0. The third-order valence-electron chi connectivity index (χ3n) is 15.2. The number of unbranched alkanes of at least 4 members (excludes halogenated alkanes) is 40. The molecular formula is C73H130O6. The van der Waals surface area contributed by atoms with Crippen LogP contribution in [0.1, 0.15) is 355 Å². The minimum atomic E-state index is -0.771. The Morgan fingerprint density at radius 3 is 0.785 bits per heavy atom. The topological polar surface area (TPSA) is 78.9 Å². The van der Waals surface area contributed by atoms with Crippen LogP contribution in [-0.4, -0.2) is 37.2 Å². The van der Waals surface area contributed by atoms with Crippen LogP contribution in [0.4, 0.5) is 0 Å². The van der Waals surface area contributed by atoms with Gasteiger partial charge in [-0.15, -0.1) is 0 Å². The molecule has 0 aromatic carbocycles. The molecule has 79 heavy (non-hydrogen) atoms. The first-order chi connectivity index (χ1) is 39.0. The van der Waals surface area contributed by atoms with E-state index in [1.165, 1.54) is 225 Å². The van der Waals surface area contributed by atoms with Crippen LogP contribution in [0.3, 0.4) is 0 Å². The van der Waals surface area contributed by atoms with E-state index in [-0.39, 0.29) is 31.1 Å². The Hall–Kier alpha value is -3.15. The number of carbonyl (C=O) groups excluding carboxylic acids is 3. The molecule has 0 saturated carbocycles. The Balaban J connectivity index is 4.02. The summed E-state index contributed by atoms with van der Waals surface area (Å²) in [6.07, 6.45) is 88.2. The second kappa shape index (κ2) is 67.4. The Morgan fingerprint density at radius 2 is 0.494 bits per heavy atom. The summed E-state index contributed by atoms with van der Waals surface area (Å²) in [7, 11) is 0. The summed E-state index contributed by atoms with van der Waals surface area (Å²) in [4.78, 5) is 38.1. The van der Waals surface area contributed by atoms with Crippen molar-refractivity contribution >= 4 is 17.9 Å². The van der Waals surface area contributed by atoms with Gasteiger partial charge in [0.25, 0.3) is 0 Å². The molecule has 0 bridgehead atoms. The molecule has 0 aliphatic carbocycles. The highest BCUT2D eigenvalue weighted by atomic mass is 16.6. The summed E-state index contributed by atoms with van der Waals surface area (Å²) >= 11 is 0. The first-order valence-electron chi connectivity index (χ1n) is 34.4. The van der Waals surface area contributed by atoms with E-state index < -0.39 is 6.10 Å². The summed E-state index contributed by atoms with van der Waals surface area (Å²) in [6.45, 7) is 6.53. The molecule has 6 nitrogen and oxygen atoms in total. The molecule has 0 aliphatic heterocycles. The highest BCUT2D eigenvalue weighted by Crippen LogP contribution is 2.18. The monoisotopic (exact) mass is 1100 g/mol. The Bertz CT molecular complexity index is 1450. The van der Waals surface area contributed by atoms with E-state index in [2.05, 4.69) is 93.7 Å². The van der Waals surface area contributed by atoms with Gasteiger partial charge in [0.2, 0.25) is 0 Å². The lowest BCUT2D eigenvalue weighted by atomic mass is 10.0. The predicted molar refractivity (Wildman–Crippen MR) is 344 cm³/mol. The van der Waals surface area contributed by atoms with Crippen molar-refractivity contribution in [3.63, 3.8) is 0 Å². The van der Waals surface area contributed by atoms with Gasteiger partial charge in [-0.3, -0.25) is 14.4 Å². The van der Waals surface area contributed by atoms with Crippen molar-refractivity contribution in [2.75, 3.05) is 13.2 Å². The zero-order chi connectivity index (χ0) is 57.1. The van der Waals surface area contributed by atoms with E-state index in [0.29, 0.717) is 19.3 Å². The molecule has 0 heterocycles. The molecule has 0 fully saturated rings. The van der Waals surface area contributed by atoms with Gasteiger partial charge in [-0.2, -0.15) is 0 Å². The van der Waals surface area contributed by atoms with Gasteiger partial charge < -0.3 is 14.2 Å². The minimum Gasteiger partial charge on any atom is -0.462 e. The molecule has 0 radical (unpaired) electrons. The minimum absolute atomic E-state index is 0.0711. The zero-order valence-corrected chi connectivity index (χ0v) is 52.6. The standard InChI is InChI=1S/C73H130O6/c1-4-7-10-13-16-18-20-22-24-26-28-30-31-32-33-34-35-36-37-38-39-40-41-43-44-46-48-50-52-54-57-60-63-66-72(75)78-69-70(68-77-71(74)65-62-59-56-15-12-9-6-3)79-73(76)67-64-61-58-55-53-51-49-47-45-42-29-27-25-23-21-19-17-14-11-8-5-2/h7,10,16,18,22,24,27-30,32-33,70H,4-6,8-9,11-15,17,19-21,23,25-26,31,34-69H2,1-3H3/b10-7-,18-16-,24-22-,29-27-,30-28-,33-32-. The van der Waals surface area contributed by atoms with Crippen molar-refractivity contribution in [2.45, 2.75) is 361 Å². The summed E-state index contributed by atoms with van der Waals surface area (Å²) in [6, 6.07) is 0. The van der Waals surface area contributed by atoms with Crippen molar-refractivity contribution in [1.82, 2.24) is 0 Å². The van der Waals surface area contributed by atoms with E-state index in [4.69, 9.17) is 14.2 Å². The first-order valence-corrected chi connectivity index (χ1v) is 34.4. The number of hydrogen-bond acceptors (Lipinski definition) is 6. The maximum atomic E-state index is 12.9. The highest BCUT2D eigenvalue weighted by molar-refractivity contribution is 5.71. The molecule has 0 spiro atoms. The van der Waals surface area contributed by atoms with E-state index in [1.54, 1.807) is 0 Å². The number of rotatable bonds is 63. The van der Waals surface area contributed by atoms with Crippen LogP contribution < -0.4 is 0 Å². The third kappa shape index (κ3) is 65.5. The van der Waals surface area contributed by atoms with E-state index in [9.17, 15) is 14.4 Å². The molecule has 0 rings (SSSR count). The summed E-state index contributed by atoms with van der Waals surface area (Å²) < 4.78 is 16.9. The Kier molecular flexibility index (Phi) is 64.7. The number of ether oxygens (including phenoxy) is 3. The van der Waals surface area contributed by atoms with Gasteiger partial charge in [0.1, 0.15) is 13.2 Å². The third-order valence-corrected chi connectivity index (χ3v) is 15.2. The highest BCUT2D eigenvalue weighted by Gasteiger charge is 2.19. The molecular weight excluding hydrogens is 973 g/mol. The predicted octanol–water partition coefficient (Wildman–Crippen LogP) is 23.7.